The molecule has 1 aromatic heterocycles. The first kappa shape index (κ1) is 14.3. The second-order valence-corrected chi connectivity index (χ2v) is 6.74. The highest BCUT2D eigenvalue weighted by atomic mass is 79.9. The Bertz CT molecular complexity index is 582. The van der Waals surface area contributed by atoms with Crippen molar-refractivity contribution in [2.24, 2.45) is 0 Å². The van der Waals surface area contributed by atoms with Crippen LogP contribution in [0, 0.1) is 0 Å². The van der Waals surface area contributed by atoms with E-state index < -0.39 is 0 Å². The van der Waals surface area contributed by atoms with Crippen molar-refractivity contribution in [3.8, 4) is 0 Å². The van der Waals surface area contributed by atoms with Gasteiger partial charge in [0.25, 0.3) is 0 Å². The Morgan fingerprint density at radius 2 is 1.70 bits per heavy atom. The Hall–Kier alpha value is -0.650. The fourth-order valence-corrected chi connectivity index (χ4v) is 4.45. The molecule has 20 heavy (non-hydrogen) atoms. The molecule has 108 valence electrons. The van der Waals surface area contributed by atoms with Gasteiger partial charge in [0.05, 0.1) is 44.0 Å². The van der Waals surface area contributed by atoms with E-state index in [1.807, 2.05) is 0 Å². The Labute approximate surface area is 134 Å². The van der Waals surface area contributed by atoms with Crippen LogP contribution in [0.3, 0.4) is 0 Å². The number of quaternary nitrogens is 1. The number of hydrogen-bond donors (Lipinski definition) is 0. The molecule has 3 nitrogen and oxygen atoms in total. The van der Waals surface area contributed by atoms with Gasteiger partial charge in [-0.05, 0) is 23.7 Å². The van der Waals surface area contributed by atoms with Crippen LogP contribution in [0.1, 0.15) is 12.8 Å². The molecule has 2 aromatic rings. The zero-order valence-electron chi connectivity index (χ0n) is 11.6. The molecule has 1 aromatic carbocycles. The number of halogens is 1. The molecule has 2 aliphatic heterocycles. The van der Waals surface area contributed by atoms with Crippen molar-refractivity contribution in [2.45, 2.75) is 12.8 Å². The van der Waals surface area contributed by atoms with Crippen LogP contribution in [0.5, 0.6) is 0 Å². The van der Waals surface area contributed by atoms with Gasteiger partial charge >= 0.3 is 0 Å². The molecule has 2 aliphatic rings. The molecule has 0 aliphatic carbocycles. The second-order valence-electron chi connectivity index (χ2n) is 5.93. The van der Waals surface area contributed by atoms with Crippen molar-refractivity contribution in [3.05, 3.63) is 24.3 Å². The first-order valence-corrected chi connectivity index (χ1v) is 8.08. The lowest BCUT2D eigenvalue weighted by Gasteiger charge is -2.42. The van der Waals surface area contributed by atoms with Crippen molar-refractivity contribution in [1.29, 1.82) is 0 Å². The molecule has 3 heterocycles. The van der Waals surface area contributed by atoms with Gasteiger partial charge in [0.15, 0.2) is 5.82 Å². The standard InChI is InChI=1S/C15H20N3S.BrH/c1-2-6-14-13(5-1)15(16-19-14)17-7-11-18(12-8-17)9-3-4-10-18;/h1-2,5-6H,3-4,7-12H2;1H/q+1;/p-1. The molecule has 0 radical (unpaired) electrons. The summed E-state index contributed by atoms with van der Waals surface area (Å²) in [5, 5.41) is 1.34. The predicted octanol–water partition coefficient (Wildman–Crippen LogP) is -0.269. The zero-order chi connectivity index (χ0) is 12.7. The average Bonchev–Trinajstić information content (AvgIpc) is 3.08. The van der Waals surface area contributed by atoms with Crippen LogP contribution in [0.4, 0.5) is 5.82 Å². The first-order valence-electron chi connectivity index (χ1n) is 7.31. The van der Waals surface area contributed by atoms with Crippen LogP contribution in [0.2, 0.25) is 0 Å². The van der Waals surface area contributed by atoms with E-state index in [4.69, 9.17) is 4.37 Å². The van der Waals surface area contributed by atoms with E-state index in [2.05, 4.69) is 29.2 Å². The Balaban J connectivity index is 0.00000121. The largest absolute Gasteiger partial charge is 1.00 e. The van der Waals surface area contributed by atoms with Crippen LogP contribution in [0.25, 0.3) is 10.1 Å². The van der Waals surface area contributed by atoms with Crippen LogP contribution in [-0.4, -0.2) is 48.1 Å². The number of hydrogen-bond acceptors (Lipinski definition) is 3. The first-order chi connectivity index (χ1) is 9.36. The summed E-state index contributed by atoms with van der Waals surface area (Å²) < 4.78 is 7.38. The summed E-state index contributed by atoms with van der Waals surface area (Å²) >= 11 is 1.63. The lowest BCUT2D eigenvalue weighted by Crippen LogP contribution is -3.00. The molecule has 1 spiro atoms. The smallest absolute Gasteiger partial charge is 0.150 e. The van der Waals surface area contributed by atoms with E-state index in [1.54, 1.807) is 11.5 Å². The van der Waals surface area contributed by atoms with Gasteiger partial charge in [-0.25, -0.2) is 0 Å². The molecule has 5 heteroatoms. The van der Waals surface area contributed by atoms with Crippen molar-refractivity contribution in [1.82, 2.24) is 4.37 Å². The van der Waals surface area contributed by atoms with Gasteiger partial charge in [0.2, 0.25) is 0 Å². The lowest BCUT2D eigenvalue weighted by molar-refractivity contribution is -0.917. The normalized spacial score (nSPS) is 21.3. The third kappa shape index (κ3) is 2.36. The summed E-state index contributed by atoms with van der Waals surface area (Å²) in [6, 6.07) is 8.61. The number of anilines is 1. The fraction of sp³-hybridized carbons (Fsp3) is 0.533. The van der Waals surface area contributed by atoms with Gasteiger partial charge in [-0.15, -0.1) is 0 Å². The van der Waals surface area contributed by atoms with Crippen LogP contribution < -0.4 is 21.9 Å². The van der Waals surface area contributed by atoms with E-state index in [9.17, 15) is 0 Å². The van der Waals surface area contributed by atoms with Gasteiger partial charge < -0.3 is 26.4 Å². The monoisotopic (exact) mass is 353 g/mol. The van der Waals surface area contributed by atoms with Crippen LogP contribution in [0.15, 0.2) is 24.3 Å². The SMILES string of the molecule is [Br-].c1ccc2c(N3CC[N+]4(CCCC4)CC3)nsc2c1. The highest BCUT2D eigenvalue weighted by Crippen LogP contribution is 2.31. The molecule has 0 unspecified atom stereocenters. The Morgan fingerprint density at radius 1 is 1.00 bits per heavy atom. The number of nitrogens with zero attached hydrogens (tertiary/aromatic N) is 3. The van der Waals surface area contributed by atoms with Gasteiger partial charge in [0, 0.05) is 18.2 Å². The van der Waals surface area contributed by atoms with E-state index >= 15 is 0 Å². The van der Waals surface area contributed by atoms with Crippen LogP contribution in [-0.2, 0) is 0 Å². The quantitative estimate of drug-likeness (QED) is 0.656. The van der Waals surface area contributed by atoms with E-state index in [0.29, 0.717) is 0 Å². The minimum atomic E-state index is 0. The van der Waals surface area contributed by atoms with Crippen molar-refractivity contribution >= 4 is 27.4 Å². The fourth-order valence-electron chi connectivity index (χ4n) is 3.66. The molecule has 0 bridgehead atoms. The number of piperazine rings is 1. The minimum absolute atomic E-state index is 0. The molecule has 2 fully saturated rings. The summed E-state index contributed by atoms with van der Waals surface area (Å²) in [7, 11) is 0. The summed E-state index contributed by atoms with van der Waals surface area (Å²) in [6.07, 6.45) is 2.86. The minimum Gasteiger partial charge on any atom is -1.00 e. The van der Waals surface area contributed by atoms with Gasteiger partial charge in [-0.3, -0.25) is 0 Å². The number of rotatable bonds is 1. The molecule has 0 saturated carbocycles. The maximum Gasteiger partial charge on any atom is 0.150 e. The molecular weight excluding hydrogens is 334 g/mol. The molecular formula is C15H20BrN3S. The highest BCUT2D eigenvalue weighted by molar-refractivity contribution is 7.13. The van der Waals surface area contributed by atoms with Gasteiger partial charge in [-0.1, -0.05) is 12.1 Å². The molecule has 0 atom stereocenters. The van der Waals surface area contributed by atoms with E-state index in [-0.39, 0.29) is 17.0 Å². The van der Waals surface area contributed by atoms with Gasteiger partial charge in [0.1, 0.15) is 0 Å². The highest BCUT2D eigenvalue weighted by Gasteiger charge is 2.36. The number of benzene rings is 1. The molecule has 0 N–H and O–H groups in total. The molecule has 4 rings (SSSR count). The maximum absolute atomic E-state index is 4.69. The summed E-state index contributed by atoms with van der Waals surface area (Å²) in [5.41, 5.74) is 0. The van der Waals surface area contributed by atoms with Crippen molar-refractivity contribution < 1.29 is 21.5 Å². The average molecular weight is 354 g/mol. The lowest BCUT2D eigenvalue weighted by atomic mass is 10.2. The number of aromatic nitrogens is 1. The third-order valence-electron chi connectivity index (χ3n) is 4.86. The number of fused-ring (bicyclic) bond motifs is 1. The Kier molecular flexibility index (Phi) is 4.02. The zero-order valence-corrected chi connectivity index (χ0v) is 14.0. The predicted molar refractivity (Wildman–Crippen MR) is 80.8 cm³/mol. The van der Waals surface area contributed by atoms with E-state index in [1.165, 1.54) is 72.5 Å². The van der Waals surface area contributed by atoms with Crippen molar-refractivity contribution in [3.63, 3.8) is 0 Å². The maximum atomic E-state index is 4.69. The Morgan fingerprint density at radius 3 is 2.45 bits per heavy atom. The second kappa shape index (κ2) is 5.62. The molecule has 2 saturated heterocycles. The van der Waals surface area contributed by atoms with Crippen LogP contribution >= 0.6 is 11.5 Å². The topological polar surface area (TPSA) is 16.1 Å². The summed E-state index contributed by atoms with van der Waals surface area (Å²) in [4.78, 5) is 2.50. The summed E-state index contributed by atoms with van der Waals surface area (Å²) in [5.74, 6) is 1.22. The van der Waals surface area contributed by atoms with Crippen molar-refractivity contribution in [2.75, 3.05) is 44.2 Å². The third-order valence-corrected chi connectivity index (χ3v) is 5.68. The van der Waals surface area contributed by atoms with E-state index in [0.717, 1.165) is 0 Å². The van der Waals surface area contributed by atoms with Gasteiger partial charge in [-0.2, -0.15) is 4.37 Å². The summed E-state index contributed by atoms with van der Waals surface area (Å²) in [6.45, 7) is 7.79. The molecule has 0 amide bonds.